The van der Waals surface area contributed by atoms with Crippen LogP contribution in [0, 0.1) is 0 Å². The molecule has 1 aromatic carbocycles. The van der Waals surface area contributed by atoms with Crippen molar-refractivity contribution in [1.29, 1.82) is 0 Å². The maximum Gasteiger partial charge on any atom is 0.251 e. The highest BCUT2D eigenvalue weighted by atomic mass is 32.2. The number of benzene rings is 1. The topological polar surface area (TPSA) is 70.9 Å². The maximum atomic E-state index is 12.7. The second-order valence-electron chi connectivity index (χ2n) is 7.64. The van der Waals surface area contributed by atoms with E-state index >= 15 is 0 Å². The van der Waals surface area contributed by atoms with Crippen LogP contribution in [0.25, 0.3) is 0 Å². The Kier molecular flexibility index (Phi) is 7.42. The molecule has 0 atom stereocenters. The second-order valence-corrected chi connectivity index (χ2v) is 9.58. The van der Waals surface area contributed by atoms with E-state index < -0.39 is 10.0 Å². The predicted molar refractivity (Wildman–Crippen MR) is 108 cm³/mol. The standard InChI is InChI=1S/C20H33N3O3S/c1-5-23(6-2)27(25,26)18-12-10-11-17(15-18)19(24)21-16-20(22(3)4)13-8-7-9-14-20/h10-12,15H,5-9,13-14,16H2,1-4H3,(H,21,24)/p+1. The number of likely N-dealkylation sites (N-methyl/N-ethyl adjacent to an activating group) is 1. The number of rotatable bonds is 8. The van der Waals surface area contributed by atoms with Crippen molar-refractivity contribution in [1.82, 2.24) is 9.62 Å². The van der Waals surface area contributed by atoms with Crippen molar-refractivity contribution in [2.24, 2.45) is 0 Å². The van der Waals surface area contributed by atoms with Crippen LogP contribution in [0.1, 0.15) is 56.3 Å². The van der Waals surface area contributed by atoms with E-state index in [0.29, 0.717) is 25.2 Å². The number of hydrogen-bond donors (Lipinski definition) is 2. The van der Waals surface area contributed by atoms with Gasteiger partial charge in [0.05, 0.1) is 25.5 Å². The fourth-order valence-electron chi connectivity index (χ4n) is 3.94. The van der Waals surface area contributed by atoms with Crippen molar-refractivity contribution in [3.05, 3.63) is 29.8 Å². The summed E-state index contributed by atoms with van der Waals surface area (Å²) in [6.07, 6.45) is 5.85. The molecule has 0 aliphatic heterocycles. The quantitative estimate of drug-likeness (QED) is 0.696. The van der Waals surface area contributed by atoms with Crippen LogP contribution in [0.5, 0.6) is 0 Å². The molecule has 2 rings (SSSR count). The van der Waals surface area contributed by atoms with Crippen LogP contribution in [-0.4, -0.2) is 57.9 Å². The van der Waals surface area contributed by atoms with Crippen molar-refractivity contribution < 1.29 is 18.1 Å². The molecule has 0 heterocycles. The minimum absolute atomic E-state index is 0.0683. The summed E-state index contributed by atoms with van der Waals surface area (Å²) in [5.74, 6) is -0.210. The van der Waals surface area contributed by atoms with Gasteiger partial charge in [-0.25, -0.2) is 8.42 Å². The Labute approximate surface area is 164 Å². The van der Waals surface area contributed by atoms with E-state index in [1.165, 1.54) is 34.5 Å². The monoisotopic (exact) mass is 396 g/mol. The molecular weight excluding hydrogens is 362 g/mol. The molecule has 1 amide bonds. The second kappa shape index (κ2) is 9.17. The smallest absolute Gasteiger partial charge is 0.251 e. The van der Waals surface area contributed by atoms with E-state index in [1.54, 1.807) is 18.2 Å². The number of quaternary nitrogens is 1. The van der Waals surface area contributed by atoms with Crippen molar-refractivity contribution in [3.63, 3.8) is 0 Å². The molecular formula is C20H34N3O3S+. The van der Waals surface area contributed by atoms with E-state index in [0.717, 1.165) is 12.8 Å². The average molecular weight is 397 g/mol. The van der Waals surface area contributed by atoms with Crippen LogP contribution in [0.3, 0.4) is 0 Å². The van der Waals surface area contributed by atoms with Gasteiger partial charge in [-0.2, -0.15) is 4.31 Å². The zero-order valence-corrected chi connectivity index (χ0v) is 17.9. The van der Waals surface area contributed by atoms with Gasteiger partial charge in [-0.05, 0) is 31.0 Å². The summed E-state index contributed by atoms with van der Waals surface area (Å²) in [7, 11) is 0.726. The van der Waals surface area contributed by atoms with Gasteiger partial charge in [-0.15, -0.1) is 0 Å². The Balaban J connectivity index is 2.15. The fourth-order valence-corrected chi connectivity index (χ4v) is 5.45. The summed E-state index contributed by atoms with van der Waals surface area (Å²) in [6.45, 7) is 5.05. The molecule has 2 N–H and O–H groups in total. The normalized spacial score (nSPS) is 17.3. The van der Waals surface area contributed by atoms with E-state index in [4.69, 9.17) is 0 Å². The van der Waals surface area contributed by atoms with Crippen LogP contribution < -0.4 is 10.2 Å². The van der Waals surface area contributed by atoms with E-state index in [9.17, 15) is 13.2 Å². The van der Waals surface area contributed by atoms with Gasteiger partial charge in [-0.3, -0.25) is 4.79 Å². The van der Waals surface area contributed by atoms with Gasteiger partial charge in [0.25, 0.3) is 5.91 Å². The molecule has 1 aliphatic carbocycles. The third-order valence-corrected chi connectivity index (χ3v) is 7.94. The van der Waals surface area contributed by atoms with Gasteiger partial charge in [-0.1, -0.05) is 26.3 Å². The lowest BCUT2D eigenvalue weighted by Crippen LogP contribution is -3.16. The van der Waals surface area contributed by atoms with E-state index in [2.05, 4.69) is 19.4 Å². The predicted octanol–water partition coefficient (Wildman–Crippen LogP) is 1.29. The number of sulfonamides is 1. The number of amides is 1. The third-order valence-electron chi connectivity index (χ3n) is 5.90. The summed E-state index contributed by atoms with van der Waals surface area (Å²) in [4.78, 5) is 14.2. The summed E-state index contributed by atoms with van der Waals surface area (Å²) in [5, 5.41) is 3.06. The molecule has 0 radical (unpaired) electrons. The molecule has 27 heavy (non-hydrogen) atoms. The number of carbonyl (C=O) groups excluding carboxylic acids is 1. The first-order valence-electron chi connectivity index (χ1n) is 9.96. The molecule has 1 aliphatic rings. The minimum Gasteiger partial charge on any atom is -0.346 e. The molecule has 1 aromatic rings. The van der Waals surface area contributed by atoms with Gasteiger partial charge < -0.3 is 10.2 Å². The molecule has 0 aromatic heterocycles. The van der Waals surface area contributed by atoms with E-state index in [-0.39, 0.29) is 16.3 Å². The first-order chi connectivity index (χ1) is 12.8. The third kappa shape index (κ3) is 4.89. The fraction of sp³-hybridized carbons (Fsp3) is 0.650. The number of hydrogen-bond acceptors (Lipinski definition) is 3. The molecule has 1 fully saturated rings. The number of nitrogens with zero attached hydrogens (tertiary/aromatic N) is 1. The zero-order valence-electron chi connectivity index (χ0n) is 17.0. The number of nitrogens with one attached hydrogen (secondary N) is 2. The van der Waals surface area contributed by atoms with Gasteiger partial charge in [0, 0.05) is 31.5 Å². The van der Waals surface area contributed by atoms with Crippen LogP contribution in [0.4, 0.5) is 0 Å². The zero-order chi connectivity index (χ0) is 20.1. The molecule has 0 unspecified atom stereocenters. The lowest BCUT2D eigenvalue weighted by Gasteiger charge is -2.39. The molecule has 7 heteroatoms. The Morgan fingerprint density at radius 1 is 1.15 bits per heavy atom. The lowest BCUT2D eigenvalue weighted by atomic mass is 9.80. The first kappa shape index (κ1) is 21.9. The van der Waals surface area contributed by atoms with Crippen molar-refractivity contribution in [3.8, 4) is 0 Å². The Hall–Kier alpha value is -1.44. The van der Waals surface area contributed by atoms with Gasteiger partial charge in [0.1, 0.15) is 5.54 Å². The molecule has 6 nitrogen and oxygen atoms in total. The van der Waals surface area contributed by atoms with Crippen LogP contribution in [-0.2, 0) is 10.0 Å². The molecule has 0 spiro atoms. The van der Waals surface area contributed by atoms with Crippen LogP contribution >= 0.6 is 0 Å². The first-order valence-corrected chi connectivity index (χ1v) is 11.4. The van der Waals surface area contributed by atoms with Gasteiger partial charge >= 0.3 is 0 Å². The summed E-state index contributed by atoms with van der Waals surface area (Å²) >= 11 is 0. The minimum atomic E-state index is -3.57. The van der Waals surface area contributed by atoms with Crippen molar-refractivity contribution in [2.75, 3.05) is 33.7 Å². The SMILES string of the molecule is CCN(CC)S(=O)(=O)c1cccc(C(=O)NCC2([NH+](C)C)CCCCC2)c1. The highest BCUT2D eigenvalue weighted by molar-refractivity contribution is 7.89. The van der Waals surface area contributed by atoms with E-state index in [1.807, 2.05) is 13.8 Å². The lowest BCUT2D eigenvalue weighted by molar-refractivity contribution is -0.916. The largest absolute Gasteiger partial charge is 0.346 e. The Morgan fingerprint density at radius 3 is 2.33 bits per heavy atom. The highest BCUT2D eigenvalue weighted by Crippen LogP contribution is 2.25. The van der Waals surface area contributed by atoms with Crippen molar-refractivity contribution in [2.45, 2.75) is 56.4 Å². The summed E-state index contributed by atoms with van der Waals surface area (Å²) in [5.41, 5.74) is 0.460. The molecule has 0 saturated heterocycles. The highest BCUT2D eigenvalue weighted by Gasteiger charge is 2.38. The van der Waals surface area contributed by atoms with Gasteiger partial charge in [0.15, 0.2) is 0 Å². The van der Waals surface area contributed by atoms with Crippen LogP contribution in [0.2, 0.25) is 0 Å². The Morgan fingerprint density at radius 2 is 1.78 bits per heavy atom. The summed E-state index contributed by atoms with van der Waals surface area (Å²) in [6, 6.07) is 6.35. The Bertz CT molecular complexity index is 737. The van der Waals surface area contributed by atoms with Crippen LogP contribution in [0.15, 0.2) is 29.2 Å². The number of carbonyl (C=O) groups is 1. The average Bonchev–Trinajstić information content (AvgIpc) is 2.67. The van der Waals surface area contributed by atoms with Crippen molar-refractivity contribution >= 4 is 15.9 Å². The van der Waals surface area contributed by atoms with Gasteiger partial charge in [0.2, 0.25) is 10.0 Å². The molecule has 0 bridgehead atoms. The summed E-state index contributed by atoms with van der Waals surface area (Å²) < 4.78 is 26.8. The molecule has 152 valence electrons. The maximum absolute atomic E-state index is 12.7. The molecule has 1 saturated carbocycles.